The predicted molar refractivity (Wildman–Crippen MR) is 110 cm³/mol. The van der Waals surface area contributed by atoms with E-state index in [0.29, 0.717) is 17.2 Å². The minimum absolute atomic E-state index is 0.109. The van der Waals surface area contributed by atoms with Crippen LogP contribution in [0.3, 0.4) is 0 Å². The third kappa shape index (κ3) is 4.34. The van der Waals surface area contributed by atoms with E-state index in [-0.39, 0.29) is 11.5 Å². The molecule has 1 N–H and O–H groups in total. The Labute approximate surface area is 167 Å². The number of rotatable bonds is 6. The standard InChI is InChI=1S/C20H19N7O2/c28-27(29)18-19(21-14-22-20(18)26-12-4-5-13-26)23-15-8-10-17(11-9-15)25-24-16-6-2-1-3-7-16/h1-3,6-11,14H,4-5,12-13H2,(H,21,22,23). The van der Waals surface area contributed by atoms with E-state index in [9.17, 15) is 10.1 Å². The van der Waals surface area contributed by atoms with Crippen molar-refractivity contribution in [2.24, 2.45) is 10.2 Å². The average molecular weight is 389 g/mol. The van der Waals surface area contributed by atoms with Crippen molar-refractivity contribution in [3.8, 4) is 0 Å². The zero-order valence-corrected chi connectivity index (χ0v) is 15.6. The Morgan fingerprint density at radius 2 is 1.59 bits per heavy atom. The van der Waals surface area contributed by atoms with Crippen LogP contribution >= 0.6 is 0 Å². The van der Waals surface area contributed by atoms with Crippen LogP contribution in [0.5, 0.6) is 0 Å². The third-order valence-corrected chi connectivity index (χ3v) is 4.56. The molecule has 9 nitrogen and oxygen atoms in total. The Morgan fingerprint density at radius 1 is 0.931 bits per heavy atom. The Kier molecular flexibility index (Phi) is 5.37. The lowest BCUT2D eigenvalue weighted by Gasteiger charge is -2.17. The second-order valence-electron chi connectivity index (χ2n) is 6.55. The summed E-state index contributed by atoms with van der Waals surface area (Å²) in [7, 11) is 0. The summed E-state index contributed by atoms with van der Waals surface area (Å²) < 4.78 is 0. The van der Waals surface area contributed by atoms with E-state index in [0.717, 1.165) is 31.6 Å². The predicted octanol–water partition coefficient (Wildman–Crippen LogP) is 5.14. The van der Waals surface area contributed by atoms with Crippen molar-refractivity contribution in [1.29, 1.82) is 0 Å². The van der Waals surface area contributed by atoms with Gasteiger partial charge in [-0.2, -0.15) is 10.2 Å². The molecule has 0 bridgehead atoms. The van der Waals surface area contributed by atoms with Crippen molar-refractivity contribution in [3.05, 3.63) is 71.0 Å². The van der Waals surface area contributed by atoms with Gasteiger partial charge in [-0.15, -0.1) is 0 Å². The van der Waals surface area contributed by atoms with Crippen LogP contribution in [0.25, 0.3) is 0 Å². The molecule has 4 rings (SSSR count). The van der Waals surface area contributed by atoms with Gasteiger partial charge in [-0.25, -0.2) is 9.97 Å². The van der Waals surface area contributed by atoms with Gasteiger partial charge in [0.25, 0.3) is 0 Å². The molecule has 9 heteroatoms. The van der Waals surface area contributed by atoms with E-state index in [1.807, 2.05) is 35.2 Å². The van der Waals surface area contributed by atoms with E-state index < -0.39 is 4.92 Å². The maximum atomic E-state index is 11.7. The highest BCUT2D eigenvalue weighted by Crippen LogP contribution is 2.35. The highest BCUT2D eigenvalue weighted by Gasteiger charge is 2.28. The molecule has 1 fully saturated rings. The highest BCUT2D eigenvalue weighted by atomic mass is 16.6. The fourth-order valence-corrected chi connectivity index (χ4v) is 3.15. The van der Waals surface area contributed by atoms with Crippen molar-refractivity contribution < 1.29 is 4.92 Å². The summed E-state index contributed by atoms with van der Waals surface area (Å²) in [5.41, 5.74) is 2.00. The smallest absolute Gasteiger partial charge is 0.351 e. The van der Waals surface area contributed by atoms with Crippen molar-refractivity contribution in [2.45, 2.75) is 12.8 Å². The lowest BCUT2D eigenvalue weighted by atomic mass is 10.3. The minimum atomic E-state index is -0.432. The molecule has 0 atom stereocenters. The quantitative estimate of drug-likeness (QED) is 0.355. The second-order valence-corrected chi connectivity index (χ2v) is 6.55. The Bertz CT molecular complexity index is 1020. The molecular weight excluding hydrogens is 370 g/mol. The molecule has 1 aliphatic heterocycles. The molecule has 1 aromatic heterocycles. The molecule has 3 aromatic rings. The van der Waals surface area contributed by atoms with Crippen LogP contribution in [-0.4, -0.2) is 28.0 Å². The molecular formula is C20H19N7O2. The lowest BCUT2D eigenvalue weighted by Crippen LogP contribution is -2.21. The first-order chi connectivity index (χ1) is 14.2. The van der Waals surface area contributed by atoms with Crippen molar-refractivity contribution in [1.82, 2.24) is 9.97 Å². The number of aromatic nitrogens is 2. The van der Waals surface area contributed by atoms with Gasteiger partial charge >= 0.3 is 5.69 Å². The molecule has 1 saturated heterocycles. The maximum Gasteiger partial charge on any atom is 0.353 e. The molecule has 1 aliphatic rings. The molecule has 0 saturated carbocycles. The molecule has 2 aromatic carbocycles. The molecule has 146 valence electrons. The van der Waals surface area contributed by atoms with Gasteiger partial charge in [0.05, 0.1) is 16.3 Å². The van der Waals surface area contributed by atoms with Crippen LogP contribution in [0.2, 0.25) is 0 Å². The van der Waals surface area contributed by atoms with Crippen LogP contribution in [0.4, 0.5) is 34.4 Å². The molecule has 0 unspecified atom stereocenters. The van der Waals surface area contributed by atoms with E-state index >= 15 is 0 Å². The summed E-state index contributed by atoms with van der Waals surface area (Å²) in [5.74, 6) is 0.531. The monoisotopic (exact) mass is 389 g/mol. The van der Waals surface area contributed by atoms with Gasteiger partial charge in [-0.1, -0.05) is 18.2 Å². The van der Waals surface area contributed by atoms with E-state index in [2.05, 4.69) is 25.5 Å². The van der Waals surface area contributed by atoms with Gasteiger partial charge in [0.15, 0.2) is 0 Å². The first-order valence-electron chi connectivity index (χ1n) is 9.29. The summed E-state index contributed by atoms with van der Waals surface area (Å²) in [4.78, 5) is 21.4. The molecule has 0 spiro atoms. The van der Waals surface area contributed by atoms with Gasteiger partial charge in [0.1, 0.15) is 6.33 Å². The first-order valence-corrected chi connectivity index (χ1v) is 9.29. The maximum absolute atomic E-state index is 11.7. The molecule has 29 heavy (non-hydrogen) atoms. The Morgan fingerprint density at radius 3 is 2.24 bits per heavy atom. The SMILES string of the molecule is O=[N+]([O-])c1c(Nc2ccc(N=Nc3ccccc3)cc2)ncnc1N1CCCC1. The molecule has 0 amide bonds. The summed E-state index contributed by atoms with van der Waals surface area (Å²) in [5, 5.41) is 23.1. The fraction of sp³-hybridized carbons (Fsp3) is 0.200. The summed E-state index contributed by atoms with van der Waals surface area (Å²) in [6.07, 6.45) is 3.36. The number of nitrogens with one attached hydrogen (secondary N) is 1. The number of anilines is 3. The van der Waals surface area contributed by atoms with Crippen molar-refractivity contribution in [3.63, 3.8) is 0 Å². The highest BCUT2D eigenvalue weighted by molar-refractivity contribution is 5.74. The topological polar surface area (TPSA) is 109 Å². The zero-order valence-electron chi connectivity index (χ0n) is 15.6. The van der Waals surface area contributed by atoms with Crippen LogP contribution in [0.1, 0.15) is 12.8 Å². The number of hydrogen-bond acceptors (Lipinski definition) is 8. The molecule has 0 aliphatic carbocycles. The van der Waals surface area contributed by atoms with E-state index in [4.69, 9.17) is 0 Å². The third-order valence-electron chi connectivity index (χ3n) is 4.56. The van der Waals surface area contributed by atoms with Crippen molar-refractivity contribution in [2.75, 3.05) is 23.3 Å². The Hall–Kier alpha value is -3.88. The molecule has 0 radical (unpaired) electrons. The normalized spacial score (nSPS) is 13.7. The van der Waals surface area contributed by atoms with Gasteiger partial charge in [0.2, 0.25) is 11.6 Å². The van der Waals surface area contributed by atoms with E-state index in [1.54, 1.807) is 24.3 Å². The minimum Gasteiger partial charge on any atom is -0.351 e. The summed E-state index contributed by atoms with van der Waals surface area (Å²) >= 11 is 0. The zero-order chi connectivity index (χ0) is 20.1. The first kappa shape index (κ1) is 18.5. The fourth-order valence-electron chi connectivity index (χ4n) is 3.15. The lowest BCUT2D eigenvalue weighted by molar-refractivity contribution is -0.383. The second kappa shape index (κ2) is 8.42. The van der Waals surface area contributed by atoms with Crippen LogP contribution in [0.15, 0.2) is 71.2 Å². The Balaban J connectivity index is 1.54. The van der Waals surface area contributed by atoms with Gasteiger partial charge in [-0.05, 0) is 49.2 Å². The van der Waals surface area contributed by atoms with Crippen LogP contribution in [0, 0.1) is 10.1 Å². The van der Waals surface area contributed by atoms with Gasteiger partial charge < -0.3 is 10.2 Å². The average Bonchev–Trinajstić information content (AvgIpc) is 3.28. The van der Waals surface area contributed by atoms with Gasteiger partial charge in [-0.3, -0.25) is 10.1 Å². The number of benzene rings is 2. The number of nitro groups is 1. The van der Waals surface area contributed by atoms with E-state index in [1.165, 1.54) is 6.33 Å². The molecule has 2 heterocycles. The van der Waals surface area contributed by atoms with Crippen molar-refractivity contribution >= 4 is 34.4 Å². The number of azo groups is 1. The number of nitrogens with zero attached hydrogens (tertiary/aromatic N) is 6. The number of hydrogen-bond donors (Lipinski definition) is 1. The van der Waals surface area contributed by atoms with Crippen LogP contribution < -0.4 is 10.2 Å². The summed E-state index contributed by atoms with van der Waals surface area (Å²) in [6, 6.07) is 16.6. The van der Waals surface area contributed by atoms with Crippen LogP contribution in [-0.2, 0) is 0 Å². The van der Waals surface area contributed by atoms with Gasteiger partial charge in [0, 0.05) is 18.8 Å². The largest absolute Gasteiger partial charge is 0.353 e. The summed E-state index contributed by atoms with van der Waals surface area (Å²) in [6.45, 7) is 1.52.